The second-order valence-corrected chi connectivity index (χ2v) is 10.5. The molecule has 5 rings (SSSR count). The van der Waals surface area contributed by atoms with Crippen LogP contribution in [0.2, 0.25) is 0 Å². The lowest BCUT2D eigenvalue weighted by atomic mass is 9.95. The molecule has 4 aliphatic rings. The number of amides is 1. The standard InChI is InChI=1S/C17H25N3O3S2/c21-16(8-18-25(22,23)17-2-1-7-24-17)20-11-14-5-6-15(12-20)19(10-14)9-13-3-4-13/h1-2,7,13-15,18H,3-6,8-12H2/t14-,15-/m0/s1. The molecule has 1 saturated carbocycles. The van der Waals surface area contributed by atoms with Gasteiger partial charge in [0.25, 0.3) is 10.0 Å². The Bertz CT molecular complexity index is 716. The first-order chi connectivity index (χ1) is 12.0. The predicted octanol–water partition coefficient (Wildman–Crippen LogP) is 1.36. The molecule has 25 heavy (non-hydrogen) atoms. The maximum absolute atomic E-state index is 12.6. The van der Waals surface area contributed by atoms with Crippen LogP contribution in [-0.4, -0.2) is 62.9 Å². The highest BCUT2D eigenvalue weighted by Gasteiger charge is 2.38. The van der Waals surface area contributed by atoms with E-state index in [1.54, 1.807) is 17.5 Å². The van der Waals surface area contributed by atoms with Crippen molar-refractivity contribution < 1.29 is 13.2 Å². The zero-order chi connectivity index (χ0) is 17.4. The van der Waals surface area contributed by atoms with Crippen LogP contribution in [0.5, 0.6) is 0 Å². The van der Waals surface area contributed by atoms with Gasteiger partial charge in [-0.25, -0.2) is 13.1 Å². The van der Waals surface area contributed by atoms with Gasteiger partial charge < -0.3 is 4.90 Å². The molecule has 2 bridgehead atoms. The Morgan fingerprint density at radius 3 is 2.76 bits per heavy atom. The number of nitrogens with zero attached hydrogens (tertiary/aromatic N) is 2. The molecule has 0 unspecified atom stereocenters. The van der Waals surface area contributed by atoms with Crippen molar-refractivity contribution in [1.29, 1.82) is 0 Å². The fourth-order valence-corrected chi connectivity index (χ4v) is 6.01. The second-order valence-electron chi connectivity index (χ2n) is 7.55. The van der Waals surface area contributed by atoms with E-state index in [0.29, 0.717) is 12.0 Å². The van der Waals surface area contributed by atoms with Crippen molar-refractivity contribution in [2.75, 3.05) is 32.7 Å². The Balaban J connectivity index is 1.36. The van der Waals surface area contributed by atoms with Crippen molar-refractivity contribution in [3.8, 4) is 0 Å². The van der Waals surface area contributed by atoms with Crippen LogP contribution in [0.4, 0.5) is 0 Å². The molecular weight excluding hydrogens is 358 g/mol. The van der Waals surface area contributed by atoms with Gasteiger partial charge in [-0.15, -0.1) is 11.3 Å². The van der Waals surface area contributed by atoms with Crippen molar-refractivity contribution in [2.24, 2.45) is 11.8 Å². The van der Waals surface area contributed by atoms with Crippen LogP contribution in [0.1, 0.15) is 25.7 Å². The number of carbonyl (C=O) groups is 1. The van der Waals surface area contributed by atoms with Crippen molar-refractivity contribution >= 4 is 27.3 Å². The summed E-state index contributed by atoms with van der Waals surface area (Å²) in [5.41, 5.74) is 0. The summed E-state index contributed by atoms with van der Waals surface area (Å²) < 4.78 is 27.1. The molecule has 1 aromatic rings. The quantitative estimate of drug-likeness (QED) is 0.805. The molecule has 1 N–H and O–H groups in total. The van der Waals surface area contributed by atoms with E-state index in [1.807, 2.05) is 4.90 Å². The molecule has 8 heteroatoms. The molecule has 1 aliphatic carbocycles. The molecule has 4 heterocycles. The molecule has 138 valence electrons. The lowest BCUT2D eigenvalue weighted by Gasteiger charge is -2.36. The number of sulfonamides is 1. The van der Waals surface area contributed by atoms with Crippen molar-refractivity contribution in [2.45, 2.75) is 35.9 Å². The zero-order valence-electron chi connectivity index (χ0n) is 14.3. The lowest BCUT2D eigenvalue weighted by Crippen LogP contribution is -2.46. The third-order valence-corrected chi connectivity index (χ3v) is 8.34. The normalized spacial score (nSPS) is 27.4. The molecule has 0 radical (unpaired) electrons. The number of carbonyl (C=O) groups excluding carboxylic acids is 1. The van der Waals surface area contributed by atoms with Gasteiger partial charge in [-0.1, -0.05) is 6.07 Å². The summed E-state index contributed by atoms with van der Waals surface area (Å²) in [6, 6.07) is 3.69. The highest BCUT2D eigenvalue weighted by Crippen LogP contribution is 2.34. The van der Waals surface area contributed by atoms with Crippen molar-refractivity contribution in [3.63, 3.8) is 0 Å². The van der Waals surface area contributed by atoms with Crippen LogP contribution in [-0.2, 0) is 14.8 Å². The van der Waals surface area contributed by atoms with E-state index in [4.69, 9.17) is 0 Å². The third-order valence-electron chi connectivity index (χ3n) is 5.54. The average molecular weight is 384 g/mol. The van der Waals surface area contributed by atoms with Crippen molar-refractivity contribution in [3.05, 3.63) is 17.5 Å². The summed E-state index contributed by atoms with van der Waals surface area (Å²) in [6.07, 6.45) is 5.03. The molecule has 3 aliphatic heterocycles. The Morgan fingerprint density at radius 2 is 2.04 bits per heavy atom. The van der Waals surface area contributed by atoms with Gasteiger partial charge in [-0.2, -0.15) is 0 Å². The van der Waals surface area contributed by atoms with Gasteiger partial charge in [0.15, 0.2) is 0 Å². The van der Waals surface area contributed by atoms with Crippen LogP contribution in [0.15, 0.2) is 21.7 Å². The largest absolute Gasteiger partial charge is 0.340 e. The highest BCUT2D eigenvalue weighted by atomic mass is 32.2. The fraction of sp³-hybridized carbons (Fsp3) is 0.706. The van der Waals surface area contributed by atoms with Gasteiger partial charge in [0.2, 0.25) is 5.91 Å². The molecule has 0 aromatic carbocycles. The number of nitrogens with one attached hydrogen (secondary N) is 1. The first kappa shape index (κ1) is 17.5. The van der Waals surface area contributed by atoms with E-state index in [0.717, 1.165) is 43.3 Å². The van der Waals surface area contributed by atoms with Crippen molar-refractivity contribution in [1.82, 2.24) is 14.5 Å². The van der Waals surface area contributed by atoms with E-state index in [2.05, 4.69) is 9.62 Å². The molecule has 3 saturated heterocycles. The van der Waals surface area contributed by atoms with E-state index in [1.165, 1.54) is 25.8 Å². The van der Waals surface area contributed by atoms with Gasteiger partial charge in [0.05, 0.1) is 6.54 Å². The Morgan fingerprint density at radius 1 is 1.20 bits per heavy atom. The average Bonchev–Trinajstić information content (AvgIpc) is 3.31. The Kier molecular flexibility index (Phi) is 4.87. The van der Waals surface area contributed by atoms with Gasteiger partial charge >= 0.3 is 0 Å². The summed E-state index contributed by atoms with van der Waals surface area (Å²) in [5.74, 6) is 1.28. The first-order valence-corrected chi connectivity index (χ1v) is 11.4. The van der Waals surface area contributed by atoms with E-state index in [-0.39, 0.29) is 16.7 Å². The molecule has 0 spiro atoms. The van der Waals surface area contributed by atoms with Gasteiger partial charge in [-0.3, -0.25) is 9.69 Å². The second kappa shape index (κ2) is 6.98. The zero-order valence-corrected chi connectivity index (χ0v) is 15.9. The third kappa shape index (κ3) is 4.07. The number of piperidine rings is 1. The minimum atomic E-state index is -3.58. The summed E-state index contributed by atoms with van der Waals surface area (Å²) in [4.78, 5) is 17.1. The molecule has 1 amide bonds. The molecule has 6 nitrogen and oxygen atoms in total. The minimum absolute atomic E-state index is 0.106. The summed E-state index contributed by atoms with van der Waals surface area (Å²) in [6.45, 7) is 3.61. The lowest BCUT2D eigenvalue weighted by molar-refractivity contribution is -0.130. The SMILES string of the molecule is O=C(CNS(=O)(=O)c1cccs1)N1C[C@H]2CC[C@@H](C1)N(CC1CC1)C2. The highest BCUT2D eigenvalue weighted by molar-refractivity contribution is 7.91. The Hall–Kier alpha value is -0.960. The number of hydrogen-bond acceptors (Lipinski definition) is 5. The smallest absolute Gasteiger partial charge is 0.250 e. The van der Waals surface area contributed by atoms with E-state index >= 15 is 0 Å². The maximum Gasteiger partial charge on any atom is 0.250 e. The minimum Gasteiger partial charge on any atom is -0.340 e. The van der Waals surface area contributed by atoms with Crippen LogP contribution >= 0.6 is 11.3 Å². The summed E-state index contributed by atoms with van der Waals surface area (Å²) in [7, 11) is -3.58. The number of fused-ring (bicyclic) bond motifs is 4. The number of hydrogen-bond donors (Lipinski definition) is 1. The van der Waals surface area contributed by atoms with E-state index < -0.39 is 10.0 Å². The van der Waals surface area contributed by atoms with Gasteiger partial charge in [-0.05, 0) is 49.0 Å². The topological polar surface area (TPSA) is 69.7 Å². The van der Waals surface area contributed by atoms with Crippen LogP contribution in [0, 0.1) is 11.8 Å². The maximum atomic E-state index is 12.6. The fourth-order valence-electron chi connectivity index (χ4n) is 3.99. The van der Waals surface area contributed by atoms with Gasteiger partial charge in [0, 0.05) is 32.2 Å². The predicted molar refractivity (Wildman–Crippen MR) is 96.9 cm³/mol. The molecule has 1 aromatic heterocycles. The summed E-state index contributed by atoms with van der Waals surface area (Å²) >= 11 is 1.16. The molecular formula is C17H25N3O3S2. The Labute approximate surface area is 153 Å². The summed E-state index contributed by atoms with van der Waals surface area (Å²) in [5, 5.41) is 1.72. The van der Waals surface area contributed by atoms with Crippen LogP contribution in [0.3, 0.4) is 0 Å². The van der Waals surface area contributed by atoms with Gasteiger partial charge in [0.1, 0.15) is 4.21 Å². The molecule has 4 fully saturated rings. The van der Waals surface area contributed by atoms with Crippen LogP contribution in [0.25, 0.3) is 0 Å². The number of thiophene rings is 1. The first-order valence-electron chi connectivity index (χ1n) is 9.06. The number of rotatable bonds is 6. The monoisotopic (exact) mass is 383 g/mol. The van der Waals surface area contributed by atoms with Crippen LogP contribution < -0.4 is 4.72 Å². The molecule has 2 atom stereocenters. The van der Waals surface area contributed by atoms with E-state index in [9.17, 15) is 13.2 Å².